The molecule has 0 saturated carbocycles. The van der Waals surface area contributed by atoms with Gasteiger partial charge in [0.15, 0.2) is 11.4 Å². The number of aryl methyl sites for hydroxylation is 1. The third-order valence-corrected chi connectivity index (χ3v) is 7.50. The van der Waals surface area contributed by atoms with Crippen LogP contribution in [0.3, 0.4) is 0 Å². The molecule has 232 valence electrons. The van der Waals surface area contributed by atoms with Crippen LogP contribution < -0.4 is 20.4 Å². The summed E-state index contributed by atoms with van der Waals surface area (Å²) in [5.41, 5.74) is 1.21. The molecule has 0 aliphatic carbocycles. The van der Waals surface area contributed by atoms with Gasteiger partial charge in [-0.1, -0.05) is 11.6 Å². The van der Waals surface area contributed by atoms with E-state index in [1.54, 1.807) is 32.2 Å². The van der Waals surface area contributed by atoms with Gasteiger partial charge in [-0.15, -0.1) is 0 Å². The molecule has 2 heterocycles. The molecule has 10 heteroatoms. The van der Waals surface area contributed by atoms with Gasteiger partial charge >= 0.3 is 5.63 Å². The minimum absolute atomic E-state index is 0.0547. The van der Waals surface area contributed by atoms with Gasteiger partial charge in [-0.25, -0.2) is 4.79 Å². The van der Waals surface area contributed by atoms with Crippen LogP contribution in [0.1, 0.15) is 68.4 Å². The number of aliphatic hydroxyl groups is 1. The van der Waals surface area contributed by atoms with Crippen molar-refractivity contribution in [3.63, 3.8) is 0 Å². The summed E-state index contributed by atoms with van der Waals surface area (Å²) in [7, 11) is 1.66. The predicted molar refractivity (Wildman–Crippen MR) is 163 cm³/mol. The zero-order valence-electron chi connectivity index (χ0n) is 25.6. The van der Waals surface area contributed by atoms with E-state index in [4.69, 9.17) is 23.4 Å². The molecule has 3 N–H and O–H groups in total. The first-order valence-electron chi connectivity index (χ1n) is 14.4. The third-order valence-electron chi connectivity index (χ3n) is 7.50. The number of anilines is 1. The van der Waals surface area contributed by atoms with E-state index in [1.165, 1.54) is 12.1 Å². The maximum Gasteiger partial charge on any atom is 0.364 e. The Kier molecular flexibility index (Phi) is 10.2. The van der Waals surface area contributed by atoms with Crippen LogP contribution in [0.4, 0.5) is 5.69 Å². The lowest BCUT2D eigenvalue weighted by atomic mass is 9.94. The highest BCUT2D eigenvalue weighted by molar-refractivity contribution is 6.06. The average molecular weight is 596 g/mol. The van der Waals surface area contributed by atoms with Crippen LogP contribution >= 0.6 is 0 Å². The number of phenols is 1. The van der Waals surface area contributed by atoms with Gasteiger partial charge in [0, 0.05) is 37.7 Å². The summed E-state index contributed by atoms with van der Waals surface area (Å²) in [6.45, 7) is 9.57. The normalized spacial score (nSPS) is 17.8. The average Bonchev–Trinajstić information content (AvgIpc) is 2.95. The van der Waals surface area contributed by atoms with Gasteiger partial charge in [-0.2, -0.15) is 0 Å². The number of hydrogen-bond acceptors (Lipinski definition) is 9. The van der Waals surface area contributed by atoms with Crippen LogP contribution in [0.25, 0.3) is 11.0 Å². The van der Waals surface area contributed by atoms with Crippen molar-refractivity contribution in [3.8, 4) is 17.2 Å². The highest BCUT2D eigenvalue weighted by Gasteiger charge is 2.39. The summed E-state index contributed by atoms with van der Waals surface area (Å²) in [4.78, 5) is 26.6. The minimum Gasteiger partial charge on any atom is -0.508 e. The zero-order valence-corrected chi connectivity index (χ0v) is 25.6. The fourth-order valence-electron chi connectivity index (χ4n) is 5.10. The Morgan fingerprint density at radius 1 is 1.19 bits per heavy atom. The Morgan fingerprint density at radius 2 is 1.95 bits per heavy atom. The van der Waals surface area contributed by atoms with Crippen LogP contribution in [0.5, 0.6) is 17.2 Å². The van der Waals surface area contributed by atoms with Gasteiger partial charge in [-0.3, -0.25) is 4.79 Å². The molecule has 1 aliphatic rings. The number of methoxy groups -OCH3 is 1. The number of benzene rings is 2. The Bertz CT molecular complexity index is 1550. The van der Waals surface area contributed by atoms with Crippen molar-refractivity contribution < 1.29 is 38.4 Å². The topological polar surface area (TPSA) is 137 Å². The quantitative estimate of drug-likeness (QED) is 0.146. The van der Waals surface area contributed by atoms with E-state index in [9.17, 15) is 19.8 Å². The van der Waals surface area contributed by atoms with Crippen LogP contribution in [-0.4, -0.2) is 54.4 Å². The Labute approximate surface area is 251 Å². The standard InChI is InChI=1S/C33H41NO9/c1-19(2)8-9-21-18-22(10-12-24(21)36)31(37)34-28-30(40-17-7-16-35)23-11-13-25(20(3)29(23)42-32(28)38)41-27-15-14-26(39-6)33(4,5)43-27/h8,10-13,18,26-27,35-36H,7,9,14-17H2,1-6H3,(H,34,37)/t26-,27-/m1/s1. The SMILES string of the molecule is CO[C@@H]1CC[C@H](Oc2ccc3c(OCCCO)c(NC(=O)c4ccc(O)c(CC=C(C)C)c4)c(=O)oc3c2C)OC1(C)C. The molecular weight excluding hydrogens is 554 g/mol. The maximum atomic E-state index is 13.3. The summed E-state index contributed by atoms with van der Waals surface area (Å²) < 4.78 is 29.6. The minimum atomic E-state index is -0.804. The number of rotatable bonds is 11. The molecule has 3 aromatic rings. The van der Waals surface area contributed by atoms with Crippen LogP contribution in [0, 0.1) is 6.92 Å². The molecule has 1 saturated heterocycles. The first-order chi connectivity index (χ1) is 20.4. The Balaban J connectivity index is 1.68. The number of hydrogen-bond donors (Lipinski definition) is 3. The van der Waals surface area contributed by atoms with E-state index >= 15 is 0 Å². The monoisotopic (exact) mass is 595 g/mol. The van der Waals surface area contributed by atoms with Gasteiger partial charge in [0.2, 0.25) is 6.29 Å². The molecule has 0 spiro atoms. The van der Waals surface area contributed by atoms with Gasteiger partial charge in [0.1, 0.15) is 17.1 Å². The third kappa shape index (κ3) is 7.38. The smallest absolute Gasteiger partial charge is 0.364 e. The zero-order chi connectivity index (χ0) is 31.3. The van der Waals surface area contributed by atoms with Crippen molar-refractivity contribution in [2.75, 3.05) is 25.6 Å². The molecule has 2 atom stereocenters. The number of aromatic hydroxyl groups is 1. The van der Waals surface area contributed by atoms with Crippen LogP contribution in [0.2, 0.25) is 0 Å². The molecule has 1 aromatic heterocycles. The van der Waals surface area contributed by atoms with E-state index in [2.05, 4.69) is 5.32 Å². The van der Waals surface area contributed by atoms with Gasteiger partial charge in [0.05, 0.1) is 23.7 Å². The number of carbonyl (C=O) groups excluding carboxylic acids is 1. The molecule has 0 unspecified atom stereocenters. The second kappa shape index (κ2) is 13.6. The van der Waals surface area contributed by atoms with E-state index in [0.717, 1.165) is 12.0 Å². The highest BCUT2D eigenvalue weighted by Crippen LogP contribution is 2.38. The first kappa shape index (κ1) is 32.1. The van der Waals surface area contributed by atoms with Crippen LogP contribution in [0.15, 0.2) is 51.2 Å². The number of carbonyl (C=O) groups is 1. The van der Waals surface area contributed by atoms with Crippen molar-refractivity contribution in [3.05, 3.63) is 69.1 Å². The second-order valence-electron chi connectivity index (χ2n) is 11.4. The van der Waals surface area contributed by atoms with E-state index in [1.807, 2.05) is 33.8 Å². The molecule has 0 radical (unpaired) electrons. The van der Waals surface area contributed by atoms with Gasteiger partial charge < -0.3 is 38.9 Å². The lowest BCUT2D eigenvalue weighted by molar-refractivity contribution is -0.233. The fourth-order valence-corrected chi connectivity index (χ4v) is 5.10. The molecule has 1 amide bonds. The Hall–Kier alpha value is -3.86. The predicted octanol–water partition coefficient (Wildman–Crippen LogP) is 5.64. The largest absolute Gasteiger partial charge is 0.508 e. The van der Waals surface area contributed by atoms with Crippen molar-refractivity contribution in [1.29, 1.82) is 0 Å². The summed E-state index contributed by atoms with van der Waals surface area (Å²) in [6.07, 6.45) is 3.52. The lowest BCUT2D eigenvalue weighted by Gasteiger charge is -2.41. The molecule has 1 fully saturated rings. The number of aliphatic hydroxyl groups excluding tert-OH is 1. The molecule has 10 nitrogen and oxygen atoms in total. The molecule has 43 heavy (non-hydrogen) atoms. The highest BCUT2D eigenvalue weighted by atomic mass is 16.7. The number of fused-ring (bicyclic) bond motifs is 1. The van der Waals surface area contributed by atoms with E-state index in [-0.39, 0.29) is 47.7 Å². The van der Waals surface area contributed by atoms with Crippen molar-refractivity contribution in [1.82, 2.24) is 0 Å². The van der Waals surface area contributed by atoms with Crippen LogP contribution in [-0.2, 0) is 15.9 Å². The van der Waals surface area contributed by atoms with Crippen molar-refractivity contribution in [2.45, 2.75) is 78.3 Å². The van der Waals surface area contributed by atoms with Crippen molar-refractivity contribution in [2.24, 2.45) is 0 Å². The fraction of sp³-hybridized carbons (Fsp3) is 0.455. The summed E-state index contributed by atoms with van der Waals surface area (Å²) in [5.74, 6) is 0.115. The molecular formula is C33H41NO9. The molecule has 2 aromatic carbocycles. The number of phenolic OH excluding ortho intramolecular Hbond substituents is 1. The van der Waals surface area contributed by atoms with Crippen molar-refractivity contribution >= 4 is 22.6 Å². The molecule has 0 bridgehead atoms. The van der Waals surface area contributed by atoms with Gasteiger partial charge in [0.25, 0.3) is 5.91 Å². The number of amides is 1. The van der Waals surface area contributed by atoms with E-state index in [0.29, 0.717) is 41.5 Å². The maximum absolute atomic E-state index is 13.3. The molecule has 4 rings (SSSR count). The summed E-state index contributed by atoms with van der Waals surface area (Å²) in [6, 6.07) is 7.95. The number of allylic oxidation sites excluding steroid dienone is 2. The molecule has 1 aliphatic heterocycles. The summed E-state index contributed by atoms with van der Waals surface area (Å²) >= 11 is 0. The van der Waals surface area contributed by atoms with E-state index < -0.39 is 23.4 Å². The summed E-state index contributed by atoms with van der Waals surface area (Å²) in [5, 5.41) is 22.7. The Morgan fingerprint density at radius 3 is 2.63 bits per heavy atom. The second-order valence-corrected chi connectivity index (χ2v) is 11.4. The lowest BCUT2D eigenvalue weighted by Crippen LogP contribution is -2.49. The first-order valence-corrected chi connectivity index (χ1v) is 14.4. The number of ether oxygens (including phenoxy) is 4. The number of nitrogens with one attached hydrogen (secondary N) is 1. The van der Waals surface area contributed by atoms with Gasteiger partial charge in [-0.05, 0) is 83.4 Å².